The molecule has 0 saturated carbocycles. The van der Waals surface area contributed by atoms with Gasteiger partial charge in [0.15, 0.2) is 0 Å². The molecule has 144 valence electrons. The van der Waals surface area contributed by atoms with Crippen LogP contribution in [-0.4, -0.2) is 12.1 Å². The molecule has 1 heterocycles. The Balaban J connectivity index is 1.59. The maximum Gasteiger partial charge on any atom is 0.271 e. The lowest BCUT2D eigenvalue weighted by molar-refractivity contribution is 0.0955. The summed E-state index contributed by atoms with van der Waals surface area (Å²) in [7, 11) is 0. The van der Waals surface area contributed by atoms with Crippen LogP contribution in [-0.2, 0) is 6.61 Å². The lowest BCUT2D eigenvalue weighted by Crippen LogP contribution is -2.17. The Morgan fingerprint density at radius 1 is 1.18 bits per heavy atom. The second-order valence-electron chi connectivity index (χ2n) is 6.94. The topological polar surface area (TPSA) is 50.7 Å². The van der Waals surface area contributed by atoms with Crippen LogP contribution in [0.3, 0.4) is 0 Å². The van der Waals surface area contributed by atoms with Gasteiger partial charge in [-0.25, -0.2) is 5.43 Å². The molecule has 28 heavy (non-hydrogen) atoms. The highest BCUT2D eigenvalue weighted by molar-refractivity contribution is 7.08. The maximum absolute atomic E-state index is 12.2. The predicted octanol–water partition coefficient (Wildman–Crippen LogP) is 5.52. The quantitative estimate of drug-likeness (QED) is 0.425. The molecule has 0 unspecified atom stereocenters. The number of carbonyl (C=O) groups is 1. The number of aryl methyl sites for hydroxylation is 1. The number of rotatable bonds is 7. The van der Waals surface area contributed by atoms with Crippen LogP contribution in [0.15, 0.2) is 64.4 Å². The Labute approximate surface area is 169 Å². The number of ether oxygens (including phenoxy) is 1. The van der Waals surface area contributed by atoms with E-state index < -0.39 is 0 Å². The van der Waals surface area contributed by atoms with Gasteiger partial charge in [-0.05, 0) is 64.6 Å². The van der Waals surface area contributed by atoms with Crippen molar-refractivity contribution in [2.75, 3.05) is 0 Å². The van der Waals surface area contributed by atoms with E-state index in [1.165, 1.54) is 11.1 Å². The summed E-state index contributed by atoms with van der Waals surface area (Å²) < 4.78 is 6.05. The van der Waals surface area contributed by atoms with E-state index in [-0.39, 0.29) is 5.91 Å². The fraction of sp³-hybridized carbons (Fsp3) is 0.217. The summed E-state index contributed by atoms with van der Waals surface area (Å²) in [6, 6.07) is 15.6. The Kier molecular flexibility index (Phi) is 6.61. The first-order chi connectivity index (χ1) is 13.5. The molecule has 0 bridgehead atoms. The van der Waals surface area contributed by atoms with Gasteiger partial charge in [0, 0.05) is 11.1 Å². The SMILES string of the molecule is Cc1ccc(C(C)C)c(OCc2ccc(C(=O)N/N=C\c3ccsc3)cc2)c1. The standard InChI is InChI=1S/C23H24N2O2S/c1-16(2)21-9-4-17(3)12-22(21)27-14-18-5-7-20(8-6-18)23(26)25-24-13-19-10-11-28-15-19/h4-13,15-16H,14H2,1-3H3,(H,25,26)/b24-13-. The van der Waals surface area contributed by atoms with Gasteiger partial charge in [0.25, 0.3) is 5.91 Å². The first-order valence-corrected chi connectivity index (χ1v) is 10.1. The summed E-state index contributed by atoms with van der Waals surface area (Å²) in [4.78, 5) is 12.2. The van der Waals surface area contributed by atoms with Gasteiger partial charge < -0.3 is 4.74 Å². The minimum Gasteiger partial charge on any atom is -0.489 e. The number of nitrogens with zero attached hydrogens (tertiary/aromatic N) is 1. The van der Waals surface area contributed by atoms with Crippen molar-refractivity contribution in [2.24, 2.45) is 5.10 Å². The fourth-order valence-corrected chi connectivity index (χ4v) is 3.35. The van der Waals surface area contributed by atoms with Crippen molar-refractivity contribution in [3.8, 4) is 5.75 Å². The zero-order valence-corrected chi connectivity index (χ0v) is 17.1. The summed E-state index contributed by atoms with van der Waals surface area (Å²) >= 11 is 1.59. The van der Waals surface area contributed by atoms with Gasteiger partial charge in [0.2, 0.25) is 0 Å². The molecule has 5 heteroatoms. The molecule has 0 aliphatic heterocycles. The van der Waals surface area contributed by atoms with Crippen LogP contribution in [0.4, 0.5) is 0 Å². The van der Waals surface area contributed by atoms with Gasteiger partial charge in [-0.15, -0.1) is 0 Å². The molecule has 0 atom stereocenters. The summed E-state index contributed by atoms with van der Waals surface area (Å²) in [6.07, 6.45) is 1.63. The van der Waals surface area contributed by atoms with E-state index in [2.05, 4.69) is 49.5 Å². The molecule has 1 aromatic heterocycles. The van der Waals surface area contributed by atoms with Crippen molar-refractivity contribution in [3.63, 3.8) is 0 Å². The molecule has 1 amide bonds. The molecule has 3 aromatic rings. The molecule has 4 nitrogen and oxygen atoms in total. The molecule has 1 N–H and O–H groups in total. The second-order valence-corrected chi connectivity index (χ2v) is 7.72. The summed E-state index contributed by atoms with van der Waals surface area (Å²) in [5.41, 5.74) is 7.46. The van der Waals surface area contributed by atoms with Crippen molar-refractivity contribution in [3.05, 3.63) is 87.1 Å². The first kappa shape index (κ1) is 19.8. The van der Waals surface area contributed by atoms with Crippen molar-refractivity contribution in [1.29, 1.82) is 0 Å². The molecule has 0 saturated heterocycles. The van der Waals surface area contributed by atoms with Crippen LogP contribution in [0, 0.1) is 6.92 Å². The van der Waals surface area contributed by atoms with Crippen molar-refractivity contribution in [2.45, 2.75) is 33.3 Å². The third-order valence-electron chi connectivity index (χ3n) is 4.32. The molecule has 3 rings (SSSR count). The van der Waals surface area contributed by atoms with E-state index in [0.717, 1.165) is 16.9 Å². The Hall–Kier alpha value is -2.92. The molecule has 0 fully saturated rings. The van der Waals surface area contributed by atoms with Crippen LogP contribution < -0.4 is 10.2 Å². The number of carbonyl (C=O) groups excluding carboxylic acids is 1. The fourth-order valence-electron chi connectivity index (χ4n) is 2.74. The van der Waals surface area contributed by atoms with Crippen LogP contribution >= 0.6 is 11.3 Å². The average molecular weight is 393 g/mol. The van der Waals surface area contributed by atoms with E-state index in [1.54, 1.807) is 29.7 Å². The summed E-state index contributed by atoms with van der Waals surface area (Å²) in [5, 5.41) is 7.91. The zero-order chi connectivity index (χ0) is 19.9. The Bertz CT molecular complexity index is 945. The van der Waals surface area contributed by atoms with E-state index in [9.17, 15) is 4.79 Å². The van der Waals surface area contributed by atoms with E-state index in [4.69, 9.17) is 4.74 Å². The average Bonchev–Trinajstić information content (AvgIpc) is 3.20. The van der Waals surface area contributed by atoms with Gasteiger partial charge in [-0.2, -0.15) is 16.4 Å². The lowest BCUT2D eigenvalue weighted by atomic mass is 10.0. The molecule has 2 aromatic carbocycles. The number of nitrogens with one attached hydrogen (secondary N) is 1. The number of amides is 1. The lowest BCUT2D eigenvalue weighted by Gasteiger charge is -2.15. The van der Waals surface area contributed by atoms with Gasteiger partial charge in [0.1, 0.15) is 12.4 Å². The largest absolute Gasteiger partial charge is 0.489 e. The Morgan fingerprint density at radius 3 is 2.64 bits per heavy atom. The second kappa shape index (κ2) is 9.33. The third-order valence-corrected chi connectivity index (χ3v) is 5.03. The molecule has 0 spiro atoms. The van der Waals surface area contributed by atoms with Crippen molar-refractivity contribution in [1.82, 2.24) is 5.43 Å². The molecular weight excluding hydrogens is 368 g/mol. The number of hydrogen-bond donors (Lipinski definition) is 1. The first-order valence-electron chi connectivity index (χ1n) is 9.21. The smallest absolute Gasteiger partial charge is 0.271 e. The minimum absolute atomic E-state index is 0.236. The van der Waals surface area contributed by atoms with E-state index in [1.807, 2.05) is 29.0 Å². The molecular formula is C23H24N2O2S. The summed E-state index contributed by atoms with van der Waals surface area (Å²) in [5.74, 6) is 1.08. The molecule has 0 radical (unpaired) electrons. The normalized spacial score (nSPS) is 11.1. The highest BCUT2D eigenvalue weighted by Gasteiger charge is 2.09. The monoisotopic (exact) mass is 392 g/mol. The van der Waals surface area contributed by atoms with E-state index in [0.29, 0.717) is 18.1 Å². The van der Waals surface area contributed by atoms with Gasteiger partial charge in [-0.1, -0.05) is 38.1 Å². The van der Waals surface area contributed by atoms with Gasteiger partial charge >= 0.3 is 0 Å². The number of thiophene rings is 1. The highest BCUT2D eigenvalue weighted by atomic mass is 32.1. The van der Waals surface area contributed by atoms with Crippen molar-refractivity contribution < 1.29 is 9.53 Å². The van der Waals surface area contributed by atoms with Gasteiger partial charge in [-0.3, -0.25) is 4.79 Å². The maximum atomic E-state index is 12.2. The Morgan fingerprint density at radius 2 is 1.96 bits per heavy atom. The molecule has 0 aliphatic carbocycles. The highest BCUT2D eigenvalue weighted by Crippen LogP contribution is 2.28. The van der Waals surface area contributed by atoms with E-state index >= 15 is 0 Å². The number of hydrogen-bond acceptors (Lipinski definition) is 4. The van der Waals surface area contributed by atoms with Crippen LogP contribution in [0.5, 0.6) is 5.75 Å². The minimum atomic E-state index is -0.236. The summed E-state index contributed by atoms with van der Waals surface area (Å²) in [6.45, 7) is 6.84. The zero-order valence-electron chi connectivity index (χ0n) is 16.3. The van der Waals surface area contributed by atoms with Crippen LogP contribution in [0.1, 0.15) is 52.4 Å². The van der Waals surface area contributed by atoms with Crippen LogP contribution in [0.25, 0.3) is 0 Å². The predicted molar refractivity (Wildman–Crippen MR) is 115 cm³/mol. The van der Waals surface area contributed by atoms with Gasteiger partial charge in [0.05, 0.1) is 6.21 Å². The third kappa shape index (κ3) is 5.30. The van der Waals surface area contributed by atoms with Crippen molar-refractivity contribution >= 4 is 23.5 Å². The number of benzene rings is 2. The molecule has 0 aliphatic rings. The van der Waals surface area contributed by atoms with Crippen LogP contribution in [0.2, 0.25) is 0 Å². The number of hydrazone groups is 1.